The monoisotopic (exact) mass is 342 g/mol. The molecule has 6 heteroatoms. The van der Waals surface area contributed by atoms with Gasteiger partial charge in [-0.1, -0.05) is 12.2 Å². The van der Waals surface area contributed by atoms with Crippen LogP contribution in [0, 0.1) is 5.92 Å². The summed E-state index contributed by atoms with van der Waals surface area (Å²) >= 11 is 8.31. The number of amides is 1. The minimum atomic E-state index is -0.0860. The molecule has 1 aliphatic rings. The van der Waals surface area contributed by atoms with Crippen molar-refractivity contribution >= 4 is 44.7 Å². The molecule has 1 aromatic rings. The molecule has 0 saturated carbocycles. The van der Waals surface area contributed by atoms with Gasteiger partial charge in [0, 0.05) is 10.0 Å². The summed E-state index contributed by atoms with van der Waals surface area (Å²) in [7, 11) is 0. The second-order valence-electron chi connectivity index (χ2n) is 4.62. The van der Waals surface area contributed by atoms with Crippen molar-refractivity contribution < 1.29 is 9.53 Å². The highest BCUT2D eigenvalue weighted by Crippen LogP contribution is 2.26. The molecule has 102 valence electrons. The molecule has 1 heterocycles. The Balaban J connectivity index is 2.07. The lowest BCUT2D eigenvalue weighted by atomic mass is 10.1. The molecule has 2 rings (SSSR count). The molecular formula is C13H15BrN2O2S. The molecular weight excluding hydrogens is 328 g/mol. The molecule has 19 heavy (non-hydrogen) atoms. The van der Waals surface area contributed by atoms with Crippen LogP contribution in [0.3, 0.4) is 0 Å². The predicted octanol–water partition coefficient (Wildman–Crippen LogP) is 2.45. The molecule has 2 atom stereocenters. The van der Waals surface area contributed by atoms with Crippen LogP contribution >= 0.6 is 28.1 Å². The number of carbonyl (C=O) groups is 1. The average molecular weight is 343 g/mol. The third-order valence-electron chi connectivity index (χ3n) is 3.08. The molecule has 2 unspecified atom stereocenters. The zero-order valence-electron chi connectivity index (χ0n) is 10.5. The SMILES string of the molecule is CC1CC(C(=O)Nc2ccc(C(N)=S)cc2Br)CO1. The van der Waals surface area contributed by atoms with Crippen LogP contribution in [0.5, 0.6) is 0 Å². The average Bonchev–Trinajstić information content (AvgIpc) is 2.78. The summed E-state index contributed by atoms with van der Waals surface area (Å²) in [5, 5.41) is 2.89. The van der Waals surface area contributed by atoms with Crippen LogP contribution in [0.15, 0.2) is 22.7 Å². The minimum Gasteiger partial charge on any atom is -0.389 e. The first-order valence-electron chi connectivity index (χ1n) is 5.99. The first-order chi connectivity index (χ1) is 8.97. The van der Waals surface area contributed by atoms with Gasteiger partial charge in [0.05, 0.1) is 24.3 Å². The van der Waals surface area contributed by atoms with Gasteiger partial charge in [0.1, 0.15) is 4.99 Å². The third kappa shape index (κ3) is 3.52. The first-order valence-corrected chi connectivity index (χ1v) is 7.19. The van der Waals surface area contributed by atoms with Crippen LogP contribution in [0.4, 0.5) is 5.69 Å². The van der Waals surface area contributed by atoms with Crippen molar-refractivity contribution in [3.63, 3.8) is 0 Å². The highest BCUT2D eigenvalue weighted by molar-refractivity contribution is 9.10. The molecule has 0 aromatic heterocycles. The van der Waals surface area contributed by atoms with Gasteiger partial charge in [0.25, 0.3) is 0 Å². The Kier molecular flexibility index (Phi) is 4.54. The van der Waals surface area contributed by atoms with E-state index < -0.39 is 0 Å². The van der Waals surface area contributed by atoms with Crippen LogP contribution in [0.25, 0.3) is 0 Å². The molecule has 0 aliphatic carbocycles. The number of nitrogens with one attached hydrogen (secondary N) is 1. The largest absolute Gasteiger partial charge is 0.389 e. The van der Waals surface area contributed by atoms with Crippen LogP contribution in [0.1, 0.15) is 18.9 Å². The Morgan fingerprint density at radius 1 is 1.58 bits per heavy atom. The number of anilines is 1. The number of halogens is 1. The van der Waals surface area contributed by atoms with E-state index in [2.05, 4.69) is 21.2 Å². The van der Waals surface area contributed by atoms with Gasteiger partial charge in [-0.05, 0) is 47.5 Å². The molecule has 1 aliphatic heterocycles. The second kappa shape index (κ2) is 5.98. The van der Waals surface area contributed by atoms with Gasteiger partial charge in [-0.25, -0.2) is 0 Å². The normalized spacial score (nSPS) is 22.2. The number of nitrogens with two attached hydrogens (primary N) is 1. The number of rotatable bonds is 3. The van der Waals surface area contributed by atoms with Crippen molar-refractivity contribution in [1.29, 1.82) is 0 Å². The molecule has 0 radical (unpaired) electrons. The summed E-state index contributed by atoms with van der Waals surface area (Å²) < 4.78 is 6.16. The maximum absolute atomic E-state index is 12.1. The van der Waals surface area contributed by atoms with Crippen LogP contribution in [-0.4, -0.2) is 23.6 Å². The standard InChI is InChI=1S/C13H15BrN2O2S/c1-7-4-9(6-18-7)13(17)16-11-3-2-8(12(15)19)5-10(11)14/h2-3,5,7,9H,4,6H2,1H3,(H2,15,19)(H,16,17). The van der Waals surface area contributed by atoms with Crippen molar-refractivity contribution in [1.82, 2.24) is 0 Å². The van der Waals surface area contributed by atoms with Gasteiger partial charge in [-0.2, -0.15) is 0 Å². The Bertz CT molecular complexity index is 521. The zero-order valence-corrected chi connectivity index (χ0v) is 12.9. The summed E-state index contributed by atoms with van der Waals surface area (Å²) in [4.78, 5) is 12.4. The van der Waals surface area contributed by atoms with Gasteiger partial charge in [-0.3, -0.25) is 4.79 Å². The van der Waals surface area contributed by atoms with E-state index >= 15 is 0 Å². The Morgan fingerprint density at radius 2 is 2.32 bits per heavy atom. The predicted molar refractivity (Wildman–Crippen MR) is 82.2 cm³/mol. The fourth-order valence-corrected chi connectivity index (χ4v) is 2.61. The van der Waals surface area contributed by atoms with E-state index in [1.54, 1.807) is 18.2 Å². The molecule has 1 amide bonds. The van der Waals surface area contributed by atoms with E-state index in [-0.39, 0.29) is 17.9 Å². The lowest BCUT2D eigenvalue weighted by Gasteiger charge is -2.11. The number of ether oxygens (including phenoxy) is 1. The smallest absolute Gasteiger partial charge is 0.229 e. The molecule has 4 nitrogen and oxygen atoms in total. The van der Waals surface area contributed by atoms with Crippen molar-refractivity contribution in [3.05, 3.63) is 28.2 Å². The maximum Gasteiger partial charge on any atom is 0.229 e. The van der Waals surface area contributed by atoms with Crippen LogP contribution < -0.4 is 11.1 Å². The summed E-state index contributed by atoms with van der Waals surface area (Å²) in [5.74, 6) is -0.106. The lowest BCUT2D eigenvalue weighted by molar-refractivity contribution is -0.119. The van der Waals surface area contributed by atoms with Gasteiger partial charge >= 0.3 is 0 Å². The number of benzene rings is 1. The molecule has 1 fully saturated rings. The highest BCUT2D eigenvalue weighted by atomic mass is 79.9. The first kappa shape index (κ1) is 14.4. The molecule has 0 bridgehead atoms. The molecule has 3 N–H and O–H groups in total. The molecule has 0 spiro atoms. The van der Waals surface area contributed by atoms with Crippen molar-refractivity contribution in [2.75, 3.05) is 11.9 Å². The molecule has 1 aromatic carbocycles. The quantitative estimate of drug-likeness (QED) is 0.828. The summed E-state index contributed by atoms with van der Waals surface area (Å²) in [6, 6.07) is 5.37. The van der Waals surface area contributed by atoms with E-state index in [0.717, 1.165) is 16.5 Å². The van der Waals surface area contributed by atoms with E-state index in [1.807, 2.05) is 6.92 Å². The minimum absolute atomic E-state index is 0.0203. The third-order valence-corrected chi connectivity index (χ3v) is 3.97. The van der Waals surface area contributed by atoms with Crippen molar-refractivity contribution in [2.45, 2.75) is 19.4 Å². The summed E-state index contributed by atoms with van der Waals surface area (Å²) in [5.41, 5.74) is 7.03. The summed E-state index contributed by atoms with van der Waals surface area (Å²) in [6.45, 7) is 2.45. The van der Waals surface area contributed by atoms with Gasteiger partial charge in [0.2, 0.25) is 5.91 Å². The van der Waals surface area contributed by atoms with Crippen molar-refractivity contribution in [3.8, 4) is 0 Å². The van der Waals surface area contributed by atoms with Crippen LogP contribution in [-0.2, 0) is 9.53 Å². The van der Waals surface area contributed by atoms with Crippen LogP contribution in [0.2, 0.25) is 0 Å². The number of hydrogen-bond acceptors (Lipinski definition) is 3. The Hall–Kier alpha value is -0.980. The lowest BCUT2D eigenvalue weighted by Crippen LogP contribution is -2.23. The fraction of sp³-hybridized carbons (Fsp3) is 0.385. The Labute approximate surface area is 125 Å². The highest BCUT2D eigenvalue weighted by Gasteiger charge is 2.28. The molecule has 1 saturated heterocycles. The van der Waals surface area contributed by atoms with E-state index in [1.165, 1.54) is 0 Å². The topological polar surface area (TPSA) is 64.4 Å². The van der Waals surface area contributed by atoms with E-state index in [9.17, 15) is 4.79 Å². The maximum atomic E-state index is 12.1. The number of carbonyl (C=O) groups excluding carboxylic acids is 1. The Morgan fingerprint density at radius 3 is 2.84 bits per heavy atom. The van der Waals surface area contributed by atoms with Gasteiger partial charge in [0.15, 0.2) is 0 Å². The fourth-order valence-electron chi connectivity index (χ4n) is 2.00. The van der Waals surface area contributed by atoms with E-state index in [0.29, 0.717) is 17.3 Å². The van der Waals surface area contributed by atoms with Gasteiger partial charge < -0.3 is 15.8 Å². The van der Waals surface area contributed by atoms with Gasteiger partial charge in [-0.15, -0.1) is 0 Å². The van der Waals surface area contributed by atoms with Crippen molar-refractivity contribution in [2.24, 2.45) is 11.7 Å². The number of thiocarbonyl (C=S) groups is 1. The zero-order chi connectivity index (χ0) is 14.0. The number of hydrogen-bond donors (Lipinski definition) is 2. The van der Waals surface area contributed by atoms with E-state index in [4.69, 9.17) is 22.7 Å². The second-order valence-corrected chi connectivity index (χ2v) is 5.92. The summed E-state index contributed by atoms with van der Waals surface area (Å²) in [6.07, 6.45) is 0.908.